The van der Waals surface area contributed by atoms with E-state index in [4.69, 9.17) is 0 Å². The van der Waals surface area contributed by atoms with Crippen LogP contribution in [-0.4, -0.2) is 49.7 Å². The summed E-state index contributed by atoms with van der Waals surface area (Å²) in [7, 11) is 3.14. The molecule has 1 heterocycles. The third-order valence-electron chi connectivity index (χ3n) is 5.34. The first-order valence-corrected chi connectivity index (χ1v) is 10.3. The van der Waals surface area contributed by atoms with Crippen LogP contribution in [0.2, 0.25) is 0 Å². The molecule has 7 nitrogen and oxygen atoms in total. The summed E-state index contributed by atoms with van der Waals surface area (Å²) in [5.41, 5.74) is 3.14. The van der Waals surface area contributed by atoms with Gasteiger partial charge in [0, 0.05) is 44.5 Å². The van der Waals surface area contributed by atoms with E-state index in [1.165, 1.54) is 12.7 Å². The van der Waals surface area contributed by atoms with E-state index in [9.17, 15) is 4.79 Å². The summed E-state index contributed by atoms with van der Waals surface area (Å²) in [6.45, 7) is 4.89. The van der Waals surface area contributed by atoms with Crippen molar-refractivity contribution in [3.8, 4) is 0 Å². The molecule has 0 bridgehead atoms. The summed E-state index contributed by atoms with van der Waals surface area (Å²) >= 11 is 0. The number of likely N-dealkylation sites (tertiary alicyclic amines) is 1. The Morgan fingerprint density at radius 2 is 1.87 bits per heavy atom. The van der Waals surface area contributed by atoms with E-state index in [0.29, 0.717) is 24.3 Å². The number of anilines is 1. The number of aliphatic imine (C=N–C) groups is 1. The van der Waals surface area contributed by atoms with Gasteiger partial charge in [-0.3, -0.25) is 15.2 Å². The maximum absolute atomic E-state index is 11.3. The summed E-state index contributed by atoms with van der Waals surface area (Å²) in [4.78, 5) is 18.1. The van der Waals surface area contributed by atoms with Crippen molar-refractivity contribution in [1.29, 1.82) is 0 Å². The van der Waals surface area contributed by atoms with E-state index in [2.05, 4.69) is 67.8 Å². The highest BCUT2D eigenvalue weighted by molar-refractivity contribution is 5.84. The zero-order valence-electron chi connectivity index (χ0n) is 17.9. The van der Waals surface area contributed by atoms with E-state index in [1.54, 1.807) is 7.05 Å². The van der Waals surface area contributed by atoms with Gasteiger partial charge in [0.15, 0.2) is 5.96 Å². The minimum Gasteiger partial charge on any atom is -0.453 e. The lowest BCUT2D eigenvalue weighted by Gasteiger charge is -2.21. The third-order valence-corrected chi connectivity index (χ3v) is 5.34. The SMILES string of the molecule is CN=C(NCc1ccc(NC(=O)OC)cc1)NC1CC(C)N(Cc2ccccc2)C1. The Bertz CT molecular complexity index is 838. The normalized spacial score (nSPS) is 19.4. The first-order chi connectivity index (χ1) is 14.6. The quantitative estimate of drug-likeness (QED) is 0.505. The molecule has 2 unspecified atom stereocenters. The number of ether oxygens (including phenoxy) is 1. The number of guanidine groups is 1. The third kappa shape index (κ3) is 6.22. The van der Waals surface area contributed by atoms with Crippen LogP contribution in [0.15, 0.2) is 59.6 Å². The number of carbonyl (C=O) groups excluding carboxylic acids is 1. The average molecular weight is 410 g/mol. The molecule has 160 valence electrons. The first-order valence-electron chi connectivity index (χ1n) is 10.3. The molecule has 0 aromatic heterocycles. The molecule has 1 aliphatic rings. The standard InChI is InChI=1S/C23H31N5O2/c1-17-13-21(16-28(17)15-19-7-5-4-6-8-19)26-22(24-2)25-14-18-9-11-20(12-10-18)27-23(29)30-3/h4-12,17,21H,13-16H2,1-3H3,(H,27,29)(H2,24,25,26). The van der Waals surface area contributed by atoms with Crippen LogP contribution in [-0.2, 0) is 17.8 Å². The molecule has 3 N–H and O–H groups in total. The molecule has 2 aromatic carbocycles. The maximum Gasteiger partial charge on any atom is 0.411 e. The van der Waals surface area contributed by atoms with Crippen LogP contribution in [0, 0.1) is 0 Å². The summed E-state index contributed by atoms with van der Waals surface area (Å²) in [6.07, 6.45) is 0.610. The van der Waals surface area contributed by atoms with E-state index in [1.807, 2.05) is 24.3 Å². The Balaban J connectivity index is 1.47. The molecular formula is C23H31N5O2. The molecule has 1 aliphatic heterocycles. The number of methoxy groups -OCH3 is 1. The number of hydrogen-bond donors (Lipinski definition) is 3. The zero-order chi connectivity index (χ0) is 21.3. The van der Waals surface area contributed by atoms with E-state index in [0.717, 1.165) is 31.0 Å². The minimum atomic E-state index is -0.474. The molecule has 2 aromatic rings. The highest BCUT2D eigenvalue weighted by atomic mass is 16.5. The summed E-state index contributed by atoms with van der Waals surface area (Å²) in [6, 6.07) is 19.1. The van der Waals surface area contributed by atoms with Crippen molar-refractivity contribution in [3.05, 3.63) is 65.7 Å². The van der Waals surface area contributed by atoms with Crippen LogP contribution < -0.4 is 16.0 Å². The van der Waals surface area contributed by atoms with E-state index >= 15 is 0 Å². The topological polar surface area (TPSA) is 78.0 Å². The smallest absolute Gasteiger partial charge is 0.411 e. The van der Waals surface area contributed by atoms with Crippen LogP contribution >= 0.6 is 0 Å². The Labute approximate surface area is 178 Å². The van der Waals surface area contributed by atoms with Gasteiger partial charge in [-0.15, -0.1) is 0 Å². The van der Waals surface area contributed by atoms with Crippen LogP contribution in [0.25, 0.3) is 0 Å². The van der Waals surface area contributed by atoms with Gasteiger partial charge in [0.05, 0.1) is 7.11 Å². The number of nitrogens with zero attached hydrogens (tertiary/aromatic N) is 2. The van der Waals surface area contributed by atoms with Gasteiger partial charge in [0.2, 0.25) is 0 Å². The summed E-state index contributed by atoms with van der Waals surface area (Å²) < 4.78 is 4.60. The molecule has 2 atom stereocenters. The van der Waals surface area contributed by atoms with Crippen LogP contribution in [0.3, 0.4) is 0 Å². The Kier molecular flexibility index (Phi) is 7.68. The fraction of sp³-hybridized carbons (Fsp3) is 0.391. The fourth-order valence-corrected chi connectivity index (χ4v) is 3.69. The highest BCUT2D eigenvalue weighted by Crippen LogP contribution is 2.20. The predicted octanol–water partition coefficient (Wildman–Crippen LogP) is 3.19. The Hall–Kier alpha value is -3.06. The molecule has 7 heteroatoms. The van der Waals surface area contributed by atoms with Crippen molar-refractivity contribution in [3.63, 3.8) is 0 Å². The summed E-state index contributed by atoms with van der Waals surface area (Å²) in [5.74, 6) is 0.797. The number of rotatable bonds is 6. The maximum atomic E-state index is 11.3. The van der Waals surface area contributed by atoms with Crippen LogP contribution in [0.5, 0.6) is 0 Å². The van der Waals surface area contributed by atoms with Gasteiger partial charge in [-0.1, -0.05) is 42.5 Å². The van der Waals surface area contributed by atoms with E-state index < -0.39 is 6.09 Å². The van der Waals surface area contributed by atoms with Crippen molar-refractivity contribution in [2.24, 2.45) is 4.99 Å². The van der Waals surface area contributed by atoms with Crippen molar-refractivity contribution in [2.75, 3.05) is 26.0 Å². The Morgan fingerprint density at radius 1 is 1.13 bits per heavy atom. The van der Waals surface area contributed by atoms with Gasteiger partial charge < -0.3 is 15.4 Å². The van der Waals surface area contributed by atoms with Gasteiger partial charge in [0.25, 0.3) is 0 Å². The fourth-order valence-electron chi connectivity index (χ4n) is 3.69. The van der Waals surface area contributed by atoms with Gasteiger partial charge >= 0.3 is 6.09 Å². The summed E-state index contributed by atoms with van der Waals surface area (Å²) in [5, 5.41) is 9.57. The van der Waals surface area contributed by atoms with Crippen molar-refractivity contribution < 1.29 is 9.53 Å². The number of benzene rings is 2. The molecule has 0 saturated carbocycles. The molecular weight excluding hydrogens is 378 g/mol. The Morgan fingerprint density at radius 3 is 2.53 bits per heavy atom. The van der Waals surface area contributed by atoms with Crippen molar-refractivity contribution >= 4 is 17.7 Å². The van der Waals surface area contributed by atoms with E-state index in [-0.39, 0.29) is 0 Å². The molecule has 1 fully saturated rings. The molecule has 0 radical (unpaired) electrons. The molecule has 0 aliphatic carbocycles. The van der Waals surface area contributed by atoms with Gasteiger partial charge in [-0.25, -0.2) is 4.79 Å². The number of nitrogens with one attached hydrogen (secondary N) is 3. The van der Waals surface area contributed by atoms with Gasteiger partial charge in [-0.05, 0) is 36.6 Å². The van der Waals surface area contributed by atoms with Crippen LogP contribution in [0.1, 0.15) is 24.5 Å². The lowest BCUT2D eigenvalue weighted by atomic mass is 10.2. The lowest BCUT2D eigenvalue weighted by Crippen LogP contribution is -2.44. The minimum absolute atomic E-state index is 0.363. The molecule has 3 rings (SSSR count). The molecule has 1 amide bonds. The van der Waals surface area contributed by atoms with Gasteiger partial charge in [-0.2, -0.15) is 0 Å². The van der Waals surface area contributed by atoms with Crippen molar-refractivity contribution in [2.45, 2.75) is 38.5 Å². The van der Waals surface area contributed by atoms with Crippen LogP contribution in [0.4, 0.5) is 10.5 Å². The second-order valence-electron chi connectivity index (χ2n) is 7.58. The second kappa shape index (κ2) is 10.6. The number of hydrogen-bond acceptors (Lipinski definition) is 4. The predicted molar refractivity (Wildman–Crippen MR) is 121 cm³/mol. The monoisotopic (exact) mass is 409 g/mol. The first kappa shape index (κ1) is 21.6. The number of carbonyl (C=O) groups is 1. The average Bonchev–Trinajstić information content (AvgIpc) is 3.11. The molecule has 30 heavy (non-hydrogen) atoms. The second-order valence-corrected chi connectivity index (χ2v) is 7.58. The largest absolute Gasteiger partial charge is 0.453 e. The van der Waals surface area contributed by atoms with Crippen molar-refractivity contribution in [1.82, 2.24) is 15.5 Å². The number of amides is 1. The molecule has 0 spiro atoms. The van der Waals surface area contributed by atoms with Gasteiger partial charge in [0.1, 0.15) is 0 Å². The molecule has 1 saturated heterocycles. The zero-order valence-corrected chi connectivity index (χ0v) is 17.9. The lowest BCUT2D eigenvalue weighted by molar-refractivity contribution is 0.187. The highest BCUT2D eigenvalue weighted by Gasteiger charge is 2.29.